The van der Waals surface area contributed by atoms with Crippen molar-refractivity contribution in [2.45, 2.75) is 19.8 Å². The van der Waals surface area contributed by atoms with Crippen LogP contribution in [0.1, 0.15) is 30.1 Å². The predicted molar refractivity (Wildman–Crippen MR) is 71.2 cm³/mol. The van der Waals surface area contributed by atoms with Crippen molar-refractivity contribution in [3.05, 3.63) is 17.7 Å². The first kappa shape index (κ1) is 12.1. The number of anilines is 1. The van der Waals surface area contributed by atoms with E-state index in [4.69, 9.17) is 15.2 Å². The molecule has 0 aromatic heterocycles. The quantitative estimate of drug-likeness (QED) is 0.811. The van der Waals surface area contributed by atoms with Gasteiger partial charge < -0.3 is 20.5 Å². The van der Waals surface area contributed by atoms with Gasteiger partial charge in [-0.15, -0.1) is 0 Å². The number of nitrogens with one attached hydrogen (secondary N) is 1. The lowest BCUT2D eigenvalue weighted by molar-refractivity contribution is 0.0947. The molecule has 1 heterocycles. The molecule has 0 radical (unpaired) electrons. The van der Waals surface area contributed by atoms with Gasteiger partial charge in [-0.1, -0.05) is 6.92 Å². The highest BCUT2D eigenvalue weighted by Gasteiger charge is 2.28. The maximum atomic E-state index is 12.1. The van der Waals surface area contributed by atoms with Crippen molar-refractivity contribution in [1.82, 2.24) is 5.32 Å². The average molecular weight is 262 g/mol. The van der Waals surface area contributed by atoms with Crippen LogP contribution in [0.5, 0.6) is 11.5 Å². The van der Waals surface area contributed by atoms with Crippen LogP contribution in [0.2, 0.25) is 0 Å². The molecule has 3 N–H and O–H groups in total. The lowest BCUT2D eigenvalue weighted by Gasteiger charge is -2.12. The first-order chi connectivity index (χ1) is 9.15. The first-order valence-corrected chi connectivity index (χ1v) is 6.62. The summed E-state index contributed by atoms with van der Waals surface area (Å²) in [7, 11) is 0. The molecule has 5 nitrogen and oxygen atoms in total. The monoisotopic (exact) mass is 262 g/mol. The van der Waals surface area contributed by atoms with Crippen molar-refractivity contribution in [2.75, 3.05) is 19.1 Å². The molecular formula is C14H18N2O3. The molecule has 0 saturated heterocycles. The molecule has 1 fully saturated rings. The zero-order valence-corrected chi connectivity index (χ0v) is 10.9. The Morgan fingerprint density at radius 3 is 2.79 bits per heavy atom. The number of nitrogens with two attached hydrogens (primary N) is 1. The number of carbonyl (C=O) groups is 1. The molecule has 0 bridgehead atoms. The average Bonchev–Trinajstić information content (AvgIpc) is 3.15. The molecule has 1 amide bonds. The third-order valence-corrected chi connectivity index (χ3v) is 3.80. The Labute approximate surface area is 112 Å². The minimum Gasteiger partial charge on any atom is -0.454 e. The summed E-state index contributed by atoms with van der Waals surface area (Å²) in [6.07, 6.45) is 2.56. The maximum Gasteiger partial charge on any atom is 0.253 e. The number of nitrogen functional groups attached to an aromatic ring is 1. The maximum absolute atomic E-state index is 12.1. The number of fused-ring (bicyclic) bond motifs is 1. The summed E-state index contributed by atoms with van der Waals surface area (Å²) < 4.78 is 10.5. The summed E-state index contributed by atoms with van der Waals surface area (Å²) in [5.74, 6) is 2.33. The van der Waals surface area contributed by atoms with Crippen LogP contribution in [0.15, 0.2) is 12.1 Å². The summed E-state index contributed by atoms with van der Waals surface area (Å²) in [6.45, 7) is 3.04. The number of hydrogen-bond donors (Lipinski definition) is 2. The minimum absolute atomic E-state index is 0.150. The Bertz CT molecular complexity index is 512. The van der Waals surface area contributed by atoms with Crippen LogP contribution < -0.4 is 20.5 Å². The van der Waals surface area contributed by atoms with Crippen LogP contribution in [0.25, 0.3) is 0 Å². The Morgan fingerprint density at radius 2 is 2.11 bits per heavy atom. The van der Waals surface area contributed by atoms with Crippen LogP contribution >= 0.6 is 0 Å². The van der Waals surface area contributed by atoms with E-state index < -0.39 is 0 Å². The van der Waals surface area contributed by atoms with Crippen LogP contribution in [0.3, 0.4) is 0 Å². The first-order valence-electron chi connectivity index (χ1n) is 6.62. The third-order valence-electron chi connectivity index (χ3n) is 3.80. The lowest BCUT2D eigenvalue weighted by Crippen LogP contribution is -2.29. The van der Waals surface area contributed by atoms with Crippen molar-refractivity contribution in [3.8, 4) is 11.5 Å². The van der Waals surface area contributed by atoms with Gasteiger partial charge in [0.05, 0.1) is 5.56 Å². The van der Waals surface area contributed by atoms with E-state index in [0.717, 1.165) is 5.92 Å². The normalized spacial score (nSPS) is 18.2. The number of carbonyl (C=O) groups excluding carboxylic acids is 1. The molecule has 1 aromatic carbocycles. The van der Waals surface area contributed by atoms with Gasteiger partial charge >= 0.3 is 0 Å². The molecule has 1 atom stereocenters. The van der Waals surface area contributed by atoms with E-state index in [-0.39, 0.29) is 12.7 Å². The number of rotatable bonds is 4. The standard InChI is InChI=1S/C14H18N2O3/c1-8(9-2-3-9)6-16-14(17)10-4-12-13(5-11(10)15)19-7-18-12/h4-5,8-9H,2-3,6-7,15H2,1H3,(H,16,17). The zero-order chi connectivity index (χ0) is 13.4. The van der Waals surface area contributed by atoms with Crippen LogP contribution in [0.4, 0.5) is 5.69 Å². The van der Waals surface area contributed by atoms with Gasteiger partial charge in [-0.25, -0.2) is 0 Å². The van der Waals surface area contributed by atoms with Crippen molar-refractivity contribution >= 4 is 11.6 Å². The topological polar surface area (TPSA) is 73.6 Å². The van der Waals surface area contributed by atoms with E-state index in [1.54, 1.807) is 12.1 Å². The smallest absolute Gasteiger partial charge is 0.253 e. The lowest BCUT2D eigenvalue weighted by atomic mass is 10.1. The van der Waals surface area contributed by atoms with E-state index in [2.05, 4.69) is 12.2 Å². The Kier molecular flexibility index (Phi) is 2.97. The minimum atomic E-state index is -0.150. The summed E-state index contributed by atoms with van der Waals surface area (Å²) >= 11 is 0. The molecule has 1 aliphatic carbocycles. The second-order valence-corrected chi connectivity index (χ2v) is 5.32. The van der Waals surface area contributed by atoms with Crippen molar-refractivity contribution in [1.29, 1.82) is 0 Å². The fraction of sp³-hybridized carbons (Fsp3) is 0.500. The Morgan fingerprint density at radius 1 is 1.42 bits per heavy atom. The number of benzene rings is 1. The molecule has 19 heavy (non-hydrogen) atoms. The molecule has 3 rings (SSSR count). The van der Waals surface area contributed by atoms with Gasteiger partial charge in [-0.05, 0) is 30.7 Å². The number of amides is 1. The van der Waals surface area contributed by atoms with Crippen molar-refractivity contribution in [2.24, 2.45) is 11.8 Å². The van der Waals surface area contributed by atoms with Crippen LogP contribution in [-0.2, 0) is 0 Å². The number of hydrogen-bond acceptors (Lipinski definition) is 4. The van der Waals surface area contributed by atoms with E-state index >= 15 is 0 Å². The molecule has 102 valence electrons. The molecule has 2 aliphatic rings. The molecule has 0 spiro atoms. The largest absolute Gasteiger partial charge is 0.454 e. The van der Waals surface area contributed by atoms with Gasteiger partial charge in [-0.2, -0.15) is 0 Å². The fourth-order valence-corrected chi connectivity index (χ4v) is 2.34. The van der Waals surface area contributed by atoms with E-state index in [1.165, 1.54) is 12.8 Å². The van der Waals surface area contributed by atoms with Crippen molar-refractivity contribution in [3.63, 3.8) is 0 Å². The van der Waals surface area contributed by atoms with Crippen LogP contribution in [0, 0.1) is 11.8 Å². The highest BCUT2D eigenvalue weighted by molar-refractivity contribution is 6.00. The van der Waals surface area contributed by atoms with Crippen molar-refractivity contribution < 1.29 is 14.3 Å². The van der Waals surface area contributed by atoms with E-state index in [1.807, 2.05) is 0 Å². The summed E-state index contributed by atoms with van der Waals surface area (Å²) in [5.41, 5.74) is 6.75. The summed E-state index contributed by atoms with van der Waals surface area (Å²) in [5, 5.41) is 2.94. The zero-order valence-electron chi connectivity index (χ0n) is 10.9. The molecule has 5 heteroatoms. The van der Waals surface area contributed by atoms with E-state index in [9.17, 15) is 4.79 Å². The summed E-state index contributed by atoms with van der Waals surface area (Å²) in [4.78, 5) is 12.1. The molecular weight excluding hydrogens is 244 g/mol. The Hall–Kier alpha value is -1.91. The van der Waals surface area contributed by atoms with Gasteiger partial charge in [0.2, 0.25) is 6.79 Å². The highest BCUT2D eigenvalue weighted by Crippen LogP contribution is 2.37. The van der Waals surface area contributed by atoms with Gasteiger partial charge in [0.25, 0.3) is 5.91 Å². The molecule has 1 saturated carbocycles. The van der Waals surface area contributed by atoms with Gasteiger partial charge in [-0.3, -0.25) is 4.79 Å². The third kappa shape index (κ3) is 2.45. The van der Waals surface area contributed by atoms with Crippen LogP contribution in [-0.4, -0.2) is 19.2 Å². The van der Waals surface area contributed by atoms with Gasteiger partial charge in [0.1, 0.15) is 0 Å². The second-order valence-electron chi connectivity index (χ2n) is 5.32. The van der Waals surface area contributed by atoms with Gasteiger partial charge in [0.15, 0.2) is 11.5 Å². The molecule has 1 aliphatic heterocycles. The fourth-order valence-electron chi connectivity index (χ4n) is 2.34. The SMILES string of the molecule is CC(CNC(=O)c1cc2c(cc1N)OCO2)C1CC1. The highest BCUT2D eigenvalue weighted by atomic mass is 16.7. The van der Waals surface area contributed by atoms with Gasteiger partial charge in [0, 0.05) is 18.3 Å². The van der Waals surface area contributed by atoms with E-state index in [0.29, 0.717) is 35.2 Å². The summed E-state index contributed by atoms with van der Waals surface area (Å²) in [6, 6.07) is 3.29. The predicted octanol–water partition coefficient (Wildman–Crippen LogP) is 1.77. The molecule has 1 aromatic rings. The second kappa shape index (κ2) is 4.64. The Balaban J connectivity index is 1.68. The number of ether oxygens (including phenoxy) is 2. The molecule has 1 unspecified atom stereocenters.